The SMILES string of the molecule is C1=c2ccc3c(c2=1)OCO3. The quantitative estimate of drug-likeness (QED) is 0.480. The van der Waals surface area contributed by atoms with E-state index in [0.29, 0.717) is 6.79 Å². The molecule has 1 aromatic carbocycles. The van der Waals surface area contributed by atoms with E-state index in [1.54, 1.807) is 0 Å². The minimum atomic E-state index is 0.355. The van der Waals surface area contributed by atoms with Gasteiger partial charge in [0.05, 0.1) is 5.22 Å². The summed E-state index contributed by atoms with van der Waals surface area (Å²) in [4.78, 5) is 0. The summed E-state index contributed by atoms with van der Waals surface area (Å²) in [7, 11) is 0. The number of hydrogen-bond donors (Lipinski definition) is 0. The molecule has 0 spiro atoms. The van der Waals surface area contributed by atoms with Crippen LogP contribution in [0.1, 0.15) is 0 Å². The summed E-state index contributed by atoms with van der Waals surface area (Å²) in [5.74, 6) is 1.72. The molecule has 1 heterocycles. The topological polar surface area (TPSA) is 18.5 Å². The molecule has 2 aliphatic rings. The fourth-order valence-corrected chi connectivity index (χ4v) is 1.17. The molecule has 0 radical (unpaired) electrons. The van der Waals surface area contributed by atoms with E-state index in [2.05, 4.69) is 5.73 Å². The van der Waals surface area contributed by atoms with Crippen molar-refractivity contribution in [2.24, 2.45) is 0 Å². The molecule has 0 amide bonds. The molecule has 1 aliphatic heterocycles. The lowest BCUT2D eigenvalue weighted by Crippen LogP contribution is -2.07. The Morgan fingerprint density at radius 1 is 1.30 bits per heavy atom. The second kappa shape index (κ2) is 1.20. The Morgan fingerprint density at radius 3 is 3.30 bits per heavy atom. The average Bonchev–Trinajstić information content (AvgIpc) is 2.60. The first-order valence-corrected chi connectivity index (χ1v) is 3.15. The molecule has 10 heavy (non-hydrogen) atoms. The highest BCUT2D eigenvalue weighted by Crippen LogP contribution is 2.26. The van der Waals surface area contributed by atoms with Crippen LogP contribution in [0.4, 0.5) is 0 Å². The van der Waals surface area contributed by atoms with Crippen molar-refractivity contribution in [2.45, 2.75) is 0 Å². The fraction of sp³-hybridized carbons (Fsp3) is 0.125. The van der Waals surface area contributed by atoms with Gasteiger partial charge >= 0.3 is 0 Å². The van der Waals surface area contributed by atoms with Crippen molar-refractivity contribution in [3.63, 3.8) is 0 Å². The summed E-state index contributed by atoms with van der Waals surface area (Å²) in [6, 6.07) is 3.91. The number of rotatable bonds is 0. The Kier molecular flexibility index (Phi) is 0.531. The van der Waals surface area contributed by atoms with Gasteiger partial charge in [0.1, 0.15) is 0 Å². The molecule has 0 N–H and O–H groups in total. The van der Waals surface area contributed by atoms with Crippen LogP contribution in [0.25, 0.3) is 5.73 Å². The predicted octanol–water partition coefficient (Wildman–Crippen LogP) is -0.520. The van der Waals surface area contributed by atoms with Crippen LogP contribution in [0.2, 0.25) is 0 Å². The maximum atomic E-state index is 5.20. The van der Waals surface area contributed by atoms with Crippen LogP contribution in [0.5, 0.6) is 11.5 Å². The molecular formula is C8H4O2. The average molecular weight is 132 g/mol. The molecule has 2 heteroatoms. The summed E-state index contributed by atoms with van der Waals surface area (Å²) >= 11 is 0. The van der Waals surface area contributed by atoms with Gasteiger partial charge in [0, 0.05) is 5.22 Å². The number of hydrogen-bond acceptors (Lipinski definition) is 2. The molecule has 48 valence electrons. The molecule has 3 rings (SSSR count). The van der Waals surface area contributed by atoms with Crippen LogP contribution in [-0.2, 0) is 0 Å². The third-order valence-electron chi connectivity index (χ3n) is 1.74. The van der Waals surface area contributed by atoms with E-state index in [4.69, 9.17) is 9.47 Å². The molecule has 0 saturated carbocycles. The van der Waals surface area contributed by atoms with Crippen LogP contribution in [-0.4, -0.2) is 6.79 Å². The van der Waals surface area contributed by atoms with Gasteiger partial charge in [-0.15, -0.1) is 0 Å². The van der Waals surface area contributed by atoms with Crippen LogP contribution in [0.15, 0.2) is 12.1 Å². The minimum absolute atomic E-state index is 0.355. The summed E-state index contributed by atoms with van der Waals surface area (Å²) in [6.07, 6.45) is 0. The van der Waals surface area contributed by atoms with Crippen LogP contribution >= 0.6 is 0 Å². The standard InChI is InChI=1S/C8H4O2/c1-2-7-8(10-4-9-7)6-3-5(1)6/h1-2H,4H2. The summed E-state index contributed by atoms with van der Waals surface area (Å²) in [6.45, 7) is 0.355. The number of ether oxygens (including phenoxy) is 2. The van der Waals surface area contributed by atoms with Gasteiger partial charge in [0.2, 0.25) is 6.79 Å². The van der Waals surface area contributed by atoms with Gasteiger partial charge in [-0.3, -0.25) is 0 Å². The Bertz CT molecular complexity index is 427. The molecule has 0 bridgehead atoms. The Labute approximate surface area is 57.0 Å². The lowest BCUT2D eigenvalue weighted by atomic mass is 10.3. The van der Waals surface area contributed by atoms with Crippen molar-refractivity contribution in [3.8, 4) is 11.5 Å². The van der Waals surface area contributed by atoms with Gasteiger partial charge in [-0.25, -0.2) is 0 Å². The first-order chi connectivity index (χ1) is 4.95. The lowest BCUT2D eigenvalue weighted by Gasteiger charge is -1.87. The molecule has 0 aromatic heterocycles. The van der Waals surface area contributed by atoms with Crippen molar-refractivity contribution >= 4 is 5.73 Å². The van der Waals surface area contributed by atoms with Gasteiger partial charge in [-0.1, -0.05) is 5.73 Å². The van der Waals surface area contributed by atoms with E-state index in [-0.39, 0.29) is 0 Å². The summed E-state index contributed by atoms with van der Waals surface area (Å²) < 4.78 is 10.3. The molecule has 2 nitrogen and oxygen atoms in total. The first kappa shape index (κ1) is 4.42. The minimum Gasteiger partial charge on any atom is -0.454 e. The summed E-state index contributed by atoms with van der Waals surface area (Å²) in [5, 5.41) is 2.25. The van der Waals surface area contributed by atoms with E-state index >= 15 is 0 Å². The van der Waals surface area contributed by atoms with Gasteiger partial charge in [-0.2, -0.15) is 0 Å². The van der Waals surface area contributed by atoms with Crippen molar-refractivity contribution in [2.75, 3.05) is 6.79 Å². The van der Waals surface area contributed by atoms with Gasteiger partial charge in [0.15, 0.2) is 11.5 Å². The number of fused-ring (bicyclic) bond motifs is 3. The van der Waals surface area contributed by atoms with Gasteiger partial charge in [-0.05, 0) is 12.1 Å². The number of benzene rings is 1. The van der Waals surface area contributed by atoms with E-state index < -0.39 is 0 Å². The highest BCUT2D eigenvalue weighted by atomic mass is 16.7. The van der Waals surface area contributed by atoms with Crippen molar-refractivity contribution < 1.29 is 9.47 Å². The van der Waals surface area contributed by atoms with Crippen molar-refractivity contribution in [1.82, 2.24) is 0 Å². The molecule has 0 fully saturated rings. The highest BCUT2D eigenvalue weighted by molar-refractivity contribution is 5.53. The van der Waals surface area contributed by atoms with E-state index in [1.165, 1.54) is 0 Å². The molecule has 1 aromatic rings. The molecule has 1 aliphatic carbocycles. The normalized spacial score (nSPS) is 15.2. The molecule has 0 unspecified atom stereocenters. The maximum Gasteiger partial charge on any atom is 0.231 e. The molecular weight excluding hydrogens is 128 g/mol. The van der Waals surface area contributed by atoms with Crippen LogP contribution in [0.3, 0.4) is 0 Å². The third-order valence-corrected chi connectivity index (χ3v) is 1.74. The second-order valence-corrected chi connectivity index (χ2v) is 2.35. The maximum absolute atomic E-state index is 5.20. The Hall–Kier alpha value is -1.40. The third kappa shape index (κ3) is 0.372. The van der Waals surface area contributed by atoms with Crippen molar-refractivity contribution in [1.29, 1.82) is 0 Å². The van der Waals surface area contributed by atoms with E-state index in [0.717, 1.165) is 21.9 Å². The van der Waals surface area contributed by atoms with Crippen molar-refractivity contribution in [3.05, 3.63) is 22.6 Å². The Balaban J connectivity index is 2.45. The molecule has 0 atom stereocenters. The zero-order chi connectivity index (χ0) is 6.55. The zero-order valence-electron chi connectivity index (χ0n) is 5.18. The lowest BCUT2D eigenvalue weighted by molar-refractivity contribution is 0.173. The zero-order valence-corrected chi connectivity index (χ0v) is 5.18. The first-order valence-electron chi connectivity index (χ1n) is 3.15. The Morgan fingerprint density at radius 2 is 2.30 bits per heavy atom. The van der Waals surface area contributed by atoms with Gasteiger partial charge < -0.3 is 9.47 Å². The van der Waals surface area contributed by atoms with Crippen LogP contribution in [0, 0.1) is 0 Å². The fourth-order valence-electron chi connectivity index (χ4n) is 1.17. The van der Waals surface area contributed by atoms with E-state index in [1.807, 2.05) is 12.1 Å². The molecule has 0 saturated heterocycles. The van der Waals surface area contributed by atoms with Crippen LogP contribution < -0.4 is 19.9 Å². The largest absolute Gasteiger partial charge is 0.454 e. The smallest absolute Gasteiger partial charge is 0.231 e. The monoisotopic (exact) mass is 132 g/mol. The van der Waals surface area contributed by atoms with E-state index in [9.17, 15) is 0 Å². The predicted molar refractivity (Wildman–Crippen MR) is 34.3 cm³/mol. The summed E-state index contributed by atoms with van der Waals surface area (Å²) in [5.41, 5.74) is 3.09. The second-order valence-electron chi connectivity index (χ2n) is 2.35. The van der Waals surface area contributed by atoms with Gasteiger partial charge in [0.25, 0.3) is 0 Å². The highest BCUT2D eigenvalue weighted by Gasteiger charge is 2.17.